The molecular weight excluding hydrogens is 380 g/mol. The van der Waals surface area contributed by atoms with E-state index in [2.05, 4.69) is 30.6 Å². The van der Waals surface area contributed by atoms with Crippen molar-refractivity contribution >= 4 is 17.8 Å². The van der Waals surface area contributed by atoms with Gasteiger partial charge in [0.2, 0.25) is 11.8 Å². The first-order chi connectivity index (χ1) is 14.0. The van der Waals surface area contributed by atoms with Crippen LogP contribution < -0.4 is 10.6 Å². The summed E-state index contributed by atoms with van der Waals surface area (Å²) in [6.45, 7) is 8.01. The quantitative estimate of drug-likeness (QED) is 0.693. The van der Waals surface area contributed by atoms with Crippen molar-refractivity contribution in [2.45, 2.75) is 77.8 Å². The second kappa shape index (κ2) is 7.10. The third-order valence-corrected chi connectivity index (χ3v) is 9.13. The van der Waals surface area contributed by atoms with Crippen molar-refractivity contribution in [3.05, 3.63) is 12.2 Å². The predicted octanol–water partition coefficient (Wildman–Crippen LogP) is 2.97. The molecule has 7 atom stereocenters. The Labute approximate surface area is 179 Å². The number of esters is 1. The number of ether oxygens (including phenoxy) is 1. The van der Waals surface area contributed by atoms with Crippen LogP contribution in [0.2, 0.25) is 0 Å². The maximum atomic E-state index is 13.3. The highest BCUT2D eigenvalue weighted by Gasteiger charge is 2.61. The lowest BCUT2D eigenvalue weighted by molar-refractivity contribution is -0.151. The number of methoxy groups -OCH3 is 1. The fourth-order valence-electron chi connectivity index (χ4n) is 7.47. The van der Waals surface area contributed by atoms with E-state index in [9.17, 15) is 14.4 Å². The fraction of sp³-hybridized carbons (Fsp3) is 0.792. The molecule has 0 aromatic rings. The van der Waals surface area contributed by atoms with Crippen molar-refractivity contribution in [3.63, 3.8) is 0 Å². The first-order valence-corrected chi connectivity index (χ1v) is 11.4. The molecule has 3 saturated carbocycles. The molecule has 6 heteroatoms. The first-order valence-electron chi connectivity index (χ1n) is 11.4. The van der Waals surface area contributed by atoms with E-state index < -0.39 is 11.5 Å². The van der Waals surface area contributed by atoms with E-state index in [4.69, 9.17) is 4.74 Å². The summed E-state index contributed by atoms with van der Waals surface area (Å²) < 4.78 is 4.86. The molecule has 0 unspecified atom stereocenters. The summed E-state index contributed by atoms with van der Waals surface area (Å²) in [6.07, 6.45) is 10.0. The third-order valence-electron chi connectivity index (χ3n) is 9.13. The number of hydrogen-bond acceptors (Lipinski definition) is 4. The highest BCUT2D eigenvalue weighted by atomic mass is 16.5. The summed E-state index contributed by atoms with van der Waals surface area (Å²) in [6, 6.07) is 0.224. The Bertz CT molecular complexity index is 790. The van der Waals surface area contributed by atoms with Crippen LogP contribution in [0.25, 0.3) is 0 Å². The van der Waals surface area contributed by atoms with Gasteiger partial charge in [0, 0.05) is 17.4 Å². The highest BCUT2D eigenvalue weighted by Crippen LogP contribution is 2.65. The normalized spacial score (nSPS) is 42.4. The average Bonchev–Trinajstić information content (AvgIpc) is 3.04. The molecule has 3 aliphatic carbocycles. The number of fused-ring (bicyclic) bond motifs is 5. The van der Waals surface area contributed by atoms with Gasteiger partial charge in [-0.05, 0) is 81.6 Å². The van der Waals surface area contributed by atoms with Crippen LogP contribution in [-0.4, -0.2) is 36.5 Å². The maximum Gasteiger partial charge on any atom is 0.330 e. The van der Waals surface area contributed by atoms with Crippen molar-refractivity contribution in [3.8, 4) is 0 Å². The molecule has 0 aromatic carbocycles. The van der Waals surface area contributed by atoms with Gasteiger partial charge in [0.1, 0.15) is 5.54 Å². The minimum Gasteiger partial charge on any atom is -0.467 e. The number of hydrogen-bond donors (Lipinski definition) is 2. The molecule has 3 fully saturated rings. The molecule has 1 heterocycles. The van der Waals surface area contributed by atoms with Gasteiger partial charge >= 0.3 is 5.97 Å². The van der Waals surface area contributed by atoms with Crippen LogP contribution in [0.15, 0.2) is 12.2 Å². The topological polar surface area (TPSA) is 84.5 Å². The van der Waals surface area contributed by atoms with E-state index in [1.165, 1.54) is 7.11 Å². The molecular formula is C24H36N2O4. The van der Waals surface area contributed by atoms with Crippen LogP contribution in [0, 0.1) is 34.5 Å². The lowest BCUT2D eigenvalue weighted by Crippen LogP contribution is -2.60. The minimum absolute atomic E-state index is 0.00533. The van der Waals surface area contributed by atoms with Gasteiger partial charge in [-0.15, -0.1) is 0 Å². The van der Waals surface area contributed by atoms with Crippen LogP contribution in [-0.2, 0) is 19.1 Å². The van der Waals surface area contributed by atoms with Crippen molar-refractivity contribution in [2.75, 3.05) is 7.11 Å². The molecule has 0 saturated heterocycles. The largest absolute Gasteiger partial charge is 0.467 e. The molecule has 4 aliphatic rings. The Morgan fingerprint density at radius 2 is 1.87 bits per heavy atom. The molecule has 2 N–H and O–H groups in total. The van der Waals surface area contributed by atoms with E-state index in [0.717, 1.165) is 38.5 Å². The fourth-order valence-corrected chi connectivity index (χ4v) is 7.47. The molecule has 4 rings (SSSR count). The SMILES string of the molecule is COC(=O)C(C)(C)NC(=O)[C@H]1CC[C@H]2[C@@H]3CC[C@H]4NC(=O)C=C[C@]4(C)[C@H]3CC[C@]12C. The third kappa shape index (κ3) is 3.09. The zero-order valence-electron chi connectivity index (χ0n) is 18.9. The van der Waals surface area contributed by atoms with Crippen LogP contribution >= 0.6 is 0 Å². The predicted molar refractivity (Wildman–Crippen MR) is 113 cm³/mol. The van der Waals surface area contributed by atoms with Crippen LogP contribution in [0.1, 0.15) is 66.2 Å². The Morgan fingerprint density at radius 1 is 1.13 bits per heavy atom. The van der Waals surface area contributed by atoms with Crippen molar-refractivity contribution < 1.29 is 19.1 Å². The molecule has 0 spiro atoms. The maximum absolute atomic E-state index is 13.3. The number of carbonyl (C=O) groups is 3. The molecule has 2 amide bonds. The zero-order valence-corrected chi connectivity index (χ0v) is 18.9. The Morgan fingerprint density at radius 3 is 2.57 bits per heavy atom. The molecule has 0 aromatic heterocycles. The minimum atomic E-state index is -1.02. The first kappa shape index (κ1) is 21.4. The molecule has 30 heavy (non-hydrogen) atoms. The summed E-state index contributed by atoms with van der Waals surface area (Å²) in [4.78, 5) is 37.2. The standard InChI is InChI=1S/C24H36N2O4/c1-22(2,21(29)30-5)26-20(28)17-8-7-15-14-6-9-18-24(4,13-11-19(27)25-18)16(14)10-12-23(15,17)3/h11,13-18H,6-10,12H2,1-5H3,(H,25,27)(H,26,28)/t14-,15-,16-,17+,18+,23-,24+/m0/s1. The van der Waals surface area contributed by atoms with Gasteiger partial charge in [0.25, 0.3) is 0 Å². The molecule has 166 valence electrons. The van der Waals surface area contributed by atoms with Crippen molar-refractivity contribution in [1.82, 2.24) is 10.6 Å². The molecule has 0 bridgehead atoms. The van der Waals surface area contributed by atoms with Gasteiger partial charge in [-0.2, -0.15) is 0 Å². The number of amides is 2. The lowest BCUT2D eigenvalue weighted by Gasteiger charge is -2.58. The second-order valence-electron chi connectivity index (χ2n) is 11.0. The molecule has 1 aliphatic heterocycles. The van der Waals surface area contributed by atoms with E-state index in [1.54, 1.807) is 19.9 Å². The summed E-state index contributed by atoms with van der Waals surface area (Å²) in [5.74, 6) is 1.16. The Hall–Kier alpha value is -1.85. The van der Waals surface area contributed by atoms with Gasteiger partial charge in [-0.1, -0.05) is 19.9 Å². The molecule has 0 radical (unpaired) electrons. The van der Waals surface area contributed by atoms with Gasteiger partial charge in [0.15, 0.2) is 0 Å². The Kier molecular flexibility index (Phi) is 5.06. The zero-order chi connectivity index (χ0) is 21.9. The number of nitrogens with one attached hydrogen (secondary N) is 2. The number of rotatable bonds is 3. The van der Waals surface area contributed by atoms with Crippen molar-refractivity contribution in [1.29, 1.82) is 0 Å². The van der Waals surface area contributed by atoms with E-state index in [1.807, 2.05) is 0 Å². The summed E-state index contributed by atoms with van der Waals surface area (Å²) in [5, 5.41) is 6.16. The van der Waals surface area contributed by atoms with Gasteiger partial charge in [-0.3, -0.25) is 9.59 Å². The van der Waals surface area contributed by atoms with Gasteiger partial charge in [-0.25, -0.2) is 4.79 Å². The van der Waals surface area contributed by atoms with Gasteiger partial charge < -0.3 is 15.4 Å². The lowest BCUT2D eigenvalue weighted by atomic mass is 9.48. The summed E-state index contributed by atoms with van der Waals surface area (Å²) in [7, 11) is 1.35. The Balaban J connectivity index is 1.54. The summed E-state index contributed by atoms with van der Waals surface area (Å²) >= 11 is 0. The van der Waals surface area contributed by atoms with Crippen LogP contribution in [0.3, 0.4) is 0 Å². The monoisotopic (exact) mass is 416 g/mol. The second-order valence-corrected chi connectivity index (χ2v) is 11.0. The van der Waals surface area contributed by atoms with E-state index in [0.29, 0.717) is 17.8 Å². The van der Waals surface area contributed by atoms with Crippen LogP contribution in [0.4, 0.5) is 0 Å². The number of carbonyl (C=O) groups excluding carboxylic acids is 3. The van der Waals surface area contributed by atoms with Crippen LogP contribution in [0.5, 0.6) is 0 Å². The van der Waals surface area contributed by atoms with E-state index in [-0.39, 0.29) is 34.6 Å². The van der Waals surface area contributed by atoms with Crippen molar-refractivity contribution in [2.24, 2.45) is 34.5 Å². The van der Waals surface area contributed by atoms with Gasteiger partial charge in [0.05, 0.1) is 7.11 Å². The average molecular weight is 417 g/mol. The highest BCUT2D eigenvalue weighted by molar-refractivity contribution is 5.89. The smallest absolute Gasteiger partial charge is 0.330 e. The molecule has 6 nitrogen and oxygen atoms in total. The summed E-state index contributed by atoms with van der Waals surface area (Å²) in [5.41, 5.74) is -1.05. The van der Waals surface area contributed by atoms with E-state index >= 15 is 0 Å².